The van der Waals surface area contributed by atoms with Crippen LogP contribution in [0, 0.1) is 5.92 Å². The number of hydrogen-bond donors (Lipinski definition) is 2. The average molecular weight is 341 g/mol. The highest BCUT2D eigenvalue weighted by Crippen LogP contribution is 2.20. The molecule has 1 atom stereocenters. The highest BCUT2D eigenvalue weighted by atomic mass is 16.5. The third-order valence-electron chi connectivity index (χ3n) is 5.36. The lowest BCUT2D eigenvalue weighted by Gasteiger charge is -2.37. The second-order valence-corrected chi connectivity index (χ2v) is 6.91. The first-order valence-corrected chi connectivity index (χ1v) is 9.78. The van der Waals surface area contributed by atoms with Gasteiger partial charge in [0.2, 0.25) is 5.91 Å². The van der Waals surface area contributed by atoms with E-state index in [1.165, 1.54) is 0 Å². The van der Waals surface area contributed by atoms with E-state index in [1.807, 2.05) is 0 Å². The van der Waals surface area contributed by atoms with Crippen LogP contribution in [0.5, 0.6) is 0 Å². The van der Waals surface area contributed by atoms with Crippen molar-refractivity contribution >= 4 is 5.91 Å². The fraction of sp³-hybridized carbons (Fsp3) is 0.944. The maximum Gasteiger partial charge on any atom is 0.237 e. The van der Waals surface area contributed by atoms with Crippen LogP contribution in [0.3, 0.4) is 0 Å². The Balaban J connectivity index is 1.78. The number of carbonyl (C=O) groups excluding carboxylic acids is 1. The predicted octanol–water partition coefficient (Wildman–Crippen LogP) is 0.535. The molecular weight excluding hydrogens is 304 g/mol. The van der Waals surface area contributed by atoms with Gasteiger partial charge in [0.1, 0.15) is 0 Å². The first-order valence-electron chi connectivity index (χ1n) is 9.78. The molecule has 0 bridgehead atoms. The van der Waals surface area contributed by atoms with E-state index in [4.69, 9.17) is 4.74 Å². The molecule has 6 heteroatoms. The van der Waals surface area contributed by atoms with Crippen LogP contribution in [-0.2, 0) is 9.53 Å². The monoisotopic (exact) mass is 340 g/mol. The number of nitrogens with zero attached hydrogens (tertiary/aromatic N) is 2. The van der Waals surface area contributed by atoms with Gasteiger partial charge in [0, 0.05) is 45.8 Å². The zero-order valence-electron chi connectivity index (χ0n) is 15.6. The van der Waals surface area contributed by atoms with Gasteiger partial charge in [-0.05, 0) is 18.9 Å². The summed E-state index contributed by atoms with van der Waals surface area (Å²) in [5, 5.41) is 6.58. The topological polar surface area (TPSA) is 56.8 Å². The van der Waals surface area contributed by atoms with Crippen LogP contribution < -0.4 is 10.6 Å². The summed E-state index contributed by atoms with van der Waals surface area (Å²) in [6.07, 6.45) is 3.13. The van der Waals surface area contributed by atoms with E-state index in [2.05, 4.69) is 34.3 Å². The molecule has 2 aliphatic rings. The van der Waals surface area contributed by atoms with Crippen molar-refractivity contribution in [1.29, 1.82) is 0 Å². The Morgan fingerprint density at radius 1 is 1.12 bits per heavy atom. The fourth-order valence-electron chi connectivity index (χ4n) is 3.82. The predicted molar refractivity (Wildman–Crippen MR) is 97.2 cm³/mol. The van der Waals surface area contributed by atoms with Crippen molar-refractivity contribution in [3.8, 4) is 0 Å². The molecule has 2 saturated heterocycles. The van der Waals surface area contributed by atoms with Crippen LogP contribution in [0.2, 0.25) is 0 Å². The largest absolute Gasteiger partial charge is 0.379 e. The summed E-state index contributed by atoms with van der Waals surface area (Å²) in [6, 6.07) is 0.00286. The van der Waals surface area contributed by atoms with E-state index in [0.717, 1.165) is 84.8 Å². The van der Waals surface area contributed by atoms with E-state index >= 15 is 0 Å². The molecule has 0 aromatic carbocycles. The first-order chi connectivity index (χ1) is 11.8. The lowest BCUT2D eigenvalue weighted by atomic mass is 9.91. The minimum atomic E-state index is 0.00286. The highest BCUT2D eigenvalue weighted by molar-refractivity contribution is 5.82. The molecule has 0 radical (unpaired) electrons. The molecule has 6 nitrogen and oxygen atoms in total. The molecular formula is C18H36N4O2. The Morgan fingerprint density at radius 2 is 1.79 bits per heavy atom. The van der Waals surface area contributed by atoms with Crippen molar-refractivity contribution in [2.75, 3.05) is 65.6 Å². The number of rotatable bonds is 9. The number of piperazine rings is 1. The molecule has 24 heavy (non-hydrogen) atoms. The number of ether oxygens (including phenoxy) is 1. The number of nitrogens with one attached hydrogen (secondary N) is 2. The SMILES string of the molecule is CCC(CC)C(C(=O)NCCCN1CCNCC1)N1CCOCC1. The van der Waals surface area contributed by atoms with Gasteiger partial charge in [-0.1, -0.05) is 26.7 Å². The van der Waals surface area contributed by atoms with Crippen LogP contribution in [0.1, 0.15) is 33.1 Å². The quantitative estimate of drug-likeness (QED) is 0.600. The molecule has 1 unspecified atom stereocenters. The Kier molecular flexibility index (Phi) is 9.02. The first kappa shape index (κ1) is 19.6. The lowest BCUT2D eigenvalue weighted by Crippen LogP contribution is -2.54. The van der Waals surface area contributed by atoms with Crippen LogP contribution >= 0.6 is 0 Å². The van der Waals surface area contributed by atoms with Gasteiger partial charge < -0.3 is 20.3 Å². The number of amides is 1. The zero-order valence-corrected chi connectivity index (χ0v) is 15.6. The zero-order chi connectivity index (χ0) is 17.2. The van der Waals surface area contributed by atoms with Crippen molar-refractivity contribution < 1.29 is 9.53 Å². The number of hydrogen-bond acceptors (Lipinski definition) is 5. The summed E-state index contributed by atoms with van der Waals surface area (Å²) in [5.41, 5.74) is 0. The summed E-state index contributed by atoms with van der Waals surface area (Å²) < 4.78 is 5.46. The number of morpholine rings is 1. The second-order valence-electron chi connectivity index (χ2n) is 6.91. The van der Waals surface area contributed by atoms with Gasteiger partial charge in [-0.3, -0.25) is 9.69 Å². The molecule has 2 aliphatic heterocycles. The molecule has 0 aliphatic carbocycles. The van der Waals surface area contributed by atoms with E-state index in [0.29, 0.717) is 5.92 Å². The third-order valence-corrected chi connectivity index (χ3v) is 5.36. The minimum absolute atomic E-state index is 0.00286. The van der Waals surface area contributed by atoms with E-state index in [9.17, 15) is 4.79 Å². The fourth-order valence-corrected chi connectivity index (χ4v) is 3.82. The molecule has 2 heterocycles. The molecule has 140 valence electrons. The highest BCUT2D eigenvalue weighted by Gasteiger charge is 2.32. The smallest absolute Gasteiger partial charge is 0.237 e. The van der Waals surface area contributed by atoms with Crippen molar-refractivity contribution in [3.05, 3.63) is 0 Å². The Bertz CT molecular complexity index is 351. The van der Waals surface area contributed by atoms with Gasteiger partial charge >= 0.3 is 0 Å². The van der Waals surface area contributed by atoms with E-state index in [-0.39, 0.29) is 11.9 Å². The van der Waals surface area contributed by atoms with Crippen molar-refractivity contribution in [2.24, 2.45) is 5.92 Å². The number of carbonyl (C=O) groups is 1. The van der Waals surface area contributed by atoms with Gasteiger partial charge in [-0.25, -0.2) is 0 Å². The third kappa shape index (κ3) is 5.99. The molecule has 1 amide bonds. The van der Waals surface area contributed by atoms with Gasteiger partial charge in [0.15, 0.2) is 0 Å². The summed E-state index contributed by atoms with van der Waals surface area (Å²) in [4.78, 5) is 17.6. The standard InChI is InChI=1S/C18H36N4O2/c1-3-16(4-2)17(22-12-14-24-15-13-22)18(23)20-6-5-9-21-10-7-19-8-11-21/h16-17,19H,3-15H2,1-2H3,(H,20,23). The minimum Gasteiger partial charge on any atom is -0.379 e. The van der Waals surface area contributed by atoms with E-state index < -0.39 is 0 Å². The second kappa shape index (κ2) is 11.0. The van der Waals surface area contributed by atoms with Crippen LogP contribution in [0.4, 0.5) is 0 Å². The summed E-state index contributed by atoms with van der Waals surface area (Å²) in [7, 11) is 0. The van der Waals surface area contributed by atoms with Crippen LogP contribution in [0.25, 0.3) is 0 Å². The Hall–Kier alpha value is -0.690. The van der Waals surface area contributed by atoms with Crippen LogP contribution in [0.15, 0.2) is 0 Å². The van der Waals surface area contributed by atoms with Gasteiger partial charge in [0.25, 0.3) is 0 Å². The normalized spacial score (nSPS) is 21.8. The molecule has 2 rings (SSSR count). The summed E-state index contributed by atoms with van der Waals surface area (Å²) >= 11 is 0. The van der Waals surface area contributed by atoms with Crippen molar-refractivity contribution in [3.63, 3.8) is 0 Å². The molecule has 2 fully saturated rings. The molecule has 0 aromatic rings. The van der Waals surface area contributed by atoms with Gasteiger partial charge in [-0.15, -0.1) is 0 Å². The van der Waals surface area contributed by atoms with Crippen LogP contribution in [-0.4, -0.2) is 87.3 Å². The average Bonchev–Trinajstić information content (AvgIpc) is 2.64. The summed E-state index contributed by atoms with van der Waals surface area (Å²) in [5.74, 6) is 0.641. The maximum atomic E-state index is 12.8. The Morgan fingerprint density at radius 3 is 2.42 bits per heavy atom. The van der Waals surface area contributed by atoms with Gasteiger partial charge in [0.05, 0.1) is 19.3 Å². The van der Waals surface area contributed by atoms with E-state index in [1.54, 1.807) is 0 Å². The molecule has 2 N–H and O–H groups in total. The summed E-state index contributed by atoms with van der Waals surface area (Å²) in [6.45, 7) is 13.9. The Labute approximate surface area is 147 Å². The van der Waals surface area contributed by atoms with Crippen molar-refractivity contribution in [1.82, 2.24) is 20.4 Å². The maximum absolute atomic E-state index is 12.8. The lowest BCUT2D eigenvalue weighted by molar-refractivity contribution is -0.130. The molecule has 0 spiro atoms. The van der Waals surface area contributed by atoms with Crippen molar-refractivity contribution in [2.45, 2.75) is 39.2 Å². The van der Waals surface area contributed by atoms with Gasteiger partial charge in [-0.2, -0.15) is 0 Å². The molecule has 0 aromatic heterocycles. The molecule has 0 saturated carbocycles.